The minimum Gasteiger partial charge on any atom is -0.198 e. The van der Waals surface area contributed by atoms with Crippen molar-refractivity contribution >= 4 is 0 Å². The van der Waals surface area contributed by atoms with Crippen molar-refractivity contribution in [3.8, 4) is 18.2 Å². The molecule has 0 aromatic rings. The average Bonchev–Trinajstić information content (AvgIpc) is 2.23. The molecular weight excluding hydrogens is 174 g/mol. The van der Waals surface area contributed by atoms with Gasteiger partial charge in [0, 0.05) is 18.4 Å². The Bertz CT molecular complexity index is 260. The molecule has 14 heavy (non-hydrogen) atoms. The summed E-state index contributed by atoms with van der Waals surface area (Å²) in [4.78, 5) is 0. The van der Waals surface area contributed by atoms with Crippen molar-refractivity contribution < 1.29 is 0 Å². The molecule has 74 valence electrons. The van der Waals surface area contributed by atoms with Crippen LogP contribution in [0.3, 0.4) is 0 Å². The second-order valence-electron chi connectivity index (χ2n) is 2.67. The summed E-state index contributed by atoms with van der Waals surface area (Å²) in [6.45, 7) is 3.81. The smallest absolute Gasteiger partial charge is 0.0908 e. The van der Waals surface area contributed by atoms with Gasteiger partial charge in [-0.2, -0.15) is 15.8 Å². The quantitative estimate of drug-likeness (QED) is 0.641. The van der Waals surface area contributed by atoms with E-state index >= 15 is 0 Å². The first-order valence-corrected chi connectivity index (χ1v) is 4.54. The van der Waals surface area contributed by atoms with Crippen molar-refractivity contribution in [3.63, 3.8) is 0 Å². The molecule has 0 aromatic heterocycles. The van der Waals surface area contributed by atoms with Crippen LogP contribution in [-0.2, 0) is 0 Å². The summed E-state index contributed by atoms with van der Waals surface area (Å²) in [7, 11) is 0. The number of hydrogen-bond donors (Lipinski definition) is 0. The molecule has 3 heteroatoms. The molecule has 0 amide bonds. The third-order valence-electron chi connectivity index (χ3n) is 1.34. The van der Waals surface area contributed by atoms with Crippen LogP contribution in [0.5, 0.6) is 0 Å². The lowest BCUT2D eigenvalue weighted by molar-refractivity contribution is 0.675. The maximum Gasteiger partial charge on any atom is 0.0908 e. The summed E-state index contributed by atoms with van der Waals surface area (Å²) < 4.78 is 0. The Morgan fingerprint density at radius 3 is 2.21 bits per heavy atom. The molecule has 0 saturated carbocycles. The maximum atomic E-state index is 8.20. The SMILES string of the molecule is CC(C#N)CCC#N.CCC=CC#N. The molecule has 0 heterocycles. The largest absolute Gasteiger partial charge is 0.198 e. The fourth-order valence-electron chi connectivity index (χ4n) is 0.516. The van der Waals surface area contributed by atoms with Gasteiger partial charge in [0.2, 0.25) is 0 Å². The predicted octanol–water partition coefficient (Wildman–Crippen LogP) is 2.93. The van der Waals surface area contributed by atoms with Crippen molar-refractivity contribution in [2.24, 2.45) is 5.92 Å². The van der Waals surface area contributed by atoms with Crippen LogP contribution in [-0.4, -0.2) is 0 Å². The summed E-state index contributed by atoms with van der Waals surface area (Å²) in [5.41, 5.74) is 0. The van der Waals surface area contributed by atoms with E-state index in [0.29, 0.717) is 12.8 Å². The third kappa shape index (κ3) is 16.7. The van der Waals surface area contributed by atoms with Crippen LogP contribution in [0.15, 0.2) is 12.2 Å². The second kappa shape index (κ2) is 13.8. The van der Waals surface area contributed by atoms with E-state index in [0.717, 1.165) is 6.42 Å². The summed E-state index contributed by atoms with van der Waals surface area (Å²) in [5.74, 6) is 0.0367. The molecule has 0 aromatic carbocycles. The highest BCUT2D eigenvalue weighted by Gasteiger charge is 1.95. The first-order chi connectivity index (χ1) is 6.72. The summed E-state index contributed by atoms with van der Waals surface area (Å²) in [5, 5.41) is 24.1. The fourth-order valence-corrected chi connectivity index (χ4v) is 0.516. The number of rotatable bonds is 3. The molecule has 1 atom stereocenters. The molecule has 0 N–H and O–H groups in total. The summed E-state index contributed by atoms with van der Waals surface area (Å²) >= 11 is 0. The summed E-state index contributed by atoms with van der Waals surface area (Å²) in [6.07, 6.45) is 5.45. The van der Waals surface area contributed by atoms with Gasteiger partial charge >= 0.3 is 0 Å². The Balaban J connectivity index is 0. The van der Waals surface area contributed by atoms with Crippen LogP contribution < -0.4 is 0 Å². The van der Waals surface area contributed by atoms with Crippen LogP contribution in [0.25, 0.3) is 0 Å². The lowest BCUT2D eigenvalue weighted by Gasteiger charge is -1.91. The normalized spacial score (nSPS) is 10.2. The molecule has 3 nitrogen and oxygen atoms in total. The monoisotopic (exact) mass is 189 g/mol. The molecule has 0 fully saturated rings. The van der Waals surface area contributed by atoms with E-state index < -0.39 is 0 Å². The van der Waals surface area contributed by atoms with E-state index in [9.17, 15) is 0 Å². The topological polar surface area (TPSA) is 71.4 Å². The zero-order valence-corrected chi connectivity index (χ0v) is 8.70. The van der Waals surface area contributed by atoms with E-state index in [1.54, 1.807) is 0 Å². The average molecular weight is 189 g/mol. The Hall–Kier alpha value is -1.79. The first kappa shape index (κ1) is 14.7. The molecule has 0 aliphatic rings. The zero-order valence-electron chi connectivity index (χ0n) is 8.70. The highest BCUT2D eigenvalue weighted by molar-refractivity contribution is 5.00. The number of nitrogens with zero attached hydrogens (tertiary/aromatic N) is 3. The van der Waals surface area contributed by atoms with Gasteiger partial charge in [-0.3, -0.25) is 0 Å². The lowest BCUT2D eigenvalue weighted by atomic mass is 10.1. The van der Waals surface area contributed by atoms with Crippen LogP contribution in [0.4, 0.5) is 0 Å². The minimum absolute atomic E-state index is 0.0367. The number of allylic oxidation sites excluding steroid dienone is 2. The van der Waals surface area contributed by atoms with Crippen molar-refractivity contribution in [1.29, 1.82) is 15.8 Å². The van der Waals surface area contributed by atoms with Crippen molar-refractivity contribution in [2.45, 2.75) is 33.1 Å². The zero-order chi connectivity index (χ0) is 11.2. The van der Waals surface area contributed by atoms with Crippen molar-refractivity contribution in [1.82, 2.24) is 0 Å². The molecule has 0 radical (unpaired) electrons. The van der Waals surface area contributed by atoms with E-state index in [4.69, 9.17) is 15.8 Å². The molecule has 0 saturated heterocycles. The van der Waals surface area contributed by atoms with E-state index in [1.807, 2.05) is 38.1 Å². The molecule has 0 spiro atoms. The number of hydrogen-bond acceptors (Lipinski definition) is 3. The van der Waals surface area contributed by atoms with Gasteiger partial charge in [0.25, 0.3) is 0 Å². The Labute approximate surface area is 85.9 Å². The Kier molecular flexibility index (Phi) is 14.5. The van der Waals surface area contributed by atoms with Crippen LogP contribution in [0.2, 0.25) is 0 Å². The molecule has 0 rings (SSSR count). The molecule has 0 aliphatic carbocycles. The summed E-state index contributed by atoms with van der Waals surface area (Å²) in [6, 6.07) is 5.92. The van der Waals surface area contributed by atoms with Gasteiger partial charge in [-0.15, -0.1) is 0 Å². The van der Waals surface area contributed by atoms with E-state index in [2.05, 4.69) is 0 Å². The molecule has 0 aliphatic heterocycles. The maximum absolute atomic E-state index is 8.20. The van der Waals surface area contributed by atoms with Crippen LogP contribution in [0.1, 0.15) is 33.1 Å². The molecule has 0 bridgehead atoms. The first-order valence-electron chi connectivity index (χ1n) is 4.54. The van der Waals surface area contributed by atoms with Gasteiger partial charge in [-0.05, 0) is 19.8 Å². The van der Waals surface area contributed by atoms with Gasteiger partial charge in [0.05, 0.1) is 18.2 Å². The molecule has 1 unspecified atom stereocenters. The lowest BCUT2D eigenvalue weighted by Crippen LogP contribution is -1.86. The minimum atomic E-state index is 0.0367. The Morgan fingerprint density at radius 2 is 1.93 bits per heavy atom. The highest BCUT2D eigenvalue weighted by atomic mass is 14.3. The number of nitriles is 3. The van der Waals surface area contributed by atoms with Crippen LogP contribution >= 0.6 is 0 Å². The Morgan fingerprint density at radius 1 is 1.29 bits per heavy atom. The van der Waals surface area contributed by atoms with E-state index in [-0.39, 0.29) is 5.92 Å². The highest BCUT2D eigenvalue weighted by Crippen LogP contribution is 2.00. The standard InChI is InChI=1S/C6H8N2.C5H7N/c1-6(5-8)3-2-4-7;1-2-3-4-5-6/h6H,2-3H2,1H3;3-4H,2H2,1H3. The third-order valence-corrected chi connectivity index (χ3v) is 1.34. The predicted molar refractivity (Wildman–Crippen MR) is 54.7 cm³/mol. The van der Waals surface area contributed by atoms with Crippen molar-refractivity contribution in [3.05, 3.63) is 12.2 Å². The second-order valence-corrected chi connectivity index (χ2v) is 2.67. The van der Waals surface area contributed by atoms with Gasteiger partial charge in [0.1, 0.15) is 0 Å². The van der Waals surface area contributed by atoms with Gasteiger partial charge in [0.15, 0.2) is 0 Å². The van der Waals surface area contributed by atoms with E-state index in [1.165, 1.54) is 6.08 Å². The molecular formula is C11H15N3. The fraction of sp³-hybridized carbons (Fsp3) is 0.545. The van der Waals surface area contributed by atoms with Gasteiger partial charge in [-0.1, -0.05) is 13.0 Å². The van der Waals surface area contributed by atoms with Gasteiger partial charge < -0.3 is 0 Å². The van der Waals surface area contributed by atoms with Crippen LogP contribution in [0, 0.1) is 39.9 Å². The van der Waals surface area contributed by atoms with Crippen molar-refractivity contribution in [2.75, 3.05) is 0 Å². The van der Waals surface area contributed by atoms with Gasteiger partial charge in [-0.25, -0.2) is 0 Å².